The number of ether oxygens (including phenoxy) is 2. The lowest BCUT2D eigenvalue weighted by Gasteiger charge is -2.10. The van der Waals surface area contributed by atoms with Crippen LogP contribution in [0.4, 0.5) is 5.69 Å². The molecule has 0 saturated carbocycles. The van der Waals surface area contributed by atoms with Crippen LogP contribution < -0.4 is 14.8 Å². The van der Waals surface area contributed by atoms with E-state index in [2.05, 4.69) is 5.32 Å². The Bertz CT molecular complexity index is 761. The van der Waals surface area contributed by atoms with Gasteiger partial charge in [0, 0.05) is 18.2 Å². The SMILES string of the molecule is COc1ccc(CCNC(=O)Cc2ccccc2[N+](=O)[O-])cc1OC. The molecule has 7 nitrogen and oxygen atoms in total. The van der Waals surface area contributed by atoms with Crippen molar-refractivity contribution < 1.29 is 19.2 Å². The van der Waals surface area contributed by atoms with Gasteiger partial charge in [0.1, 0.15) is 0 Å². The van der Waals surface area contributed by atoms with Gasteiger partial charge in [0.25, 0.3) is 5.69 Å². The highest BCUT2D eigenvalue weighted by Gasteiger charge is 2.15. The quantitative estimate of drug-likeness (QED) is 0.587. The van der Waals surface area contributed by atoms with E-state index in [9.17, 15) is 14.9 Å². The van der Waals surface area contributed by atoms with Crippen molar-refractivity contribution in [2.75, 3.05) is 20.8 Å². The van der Waals surface area contributed by atoms with E-state index in [-0.39, 0.29) is 18.0 Å². The Morgan fingerprint density at radius 3 is 2.52 bits per heavy atom. The maximum absolute atomic E-state index is 12.0. The molecule has 1 N–H and O–H groups in total. The highest BCUT2D eigenvalue weighted by Crippen LogP contribution is 2.27. The first-order valence-electron chi connectivity index (χ1n) is 7.75. The smallest absolute Gasteiger partial charge is 0.273 e. The van der Waals surface area contributed by atoms with Gasteiger partial charge in [0.05, 0.1) is 25.6 Å². The van der Waals surface area contributed by atoms with Gasteiger partial charge in [-0.05, 0) is 24.1 Å². The first-order valence-corrected chi connectivity index (χ1v) is 7.75. The maximum atomic E-state index is 12.0. The van der Waals surface area contributed by atoms with Gasteiger partial charge in [0.15, 0.2) is 11.5 Å². The van der Waals surface area contributed by atoms with Crippen molar-refractivity contribution in [2.45, 2.75) is 12.8 Å². The van der Waals surface area contributed by atoms with Crippen LogP contribution in [0.15, 0.2) is 42.5 Å². The molecule has 0 aromatic heterocycles. The van der Waals surface area contributed by atoms with Crippen molar-refractivity contribution in [2.24, 2.45) is 0 Å². The summed E-state index contributed by atoms with van der Waals surface area (Å²) in [5, 5.41) is 13.7. The number of hydrogen-bond acceptors (Lipinski definition) is 5. The predicted octanol–water partition coefficient (Wildman–Crippen LogP) is 2.51. The number of amides is 1. The minimum atomic E-state index is -0.480. The Hall–Kier alpha value is -3.09. The molecular formula is C18H20N2O5. The third-order valence-electron chi connectivity index (χ3n) is 3.72. The van der Waals surface area contributed by atoms with Crippen molar-refractivity contribution in [1.82, 2.24) is 5.32 Å². The number of benzene rings is 2. The van der Waals surface area contributed by atoms with Crippen LogP contribution in [0.25, 0.3) is 0 Å². The number of nitrogens with one attached hydrogen (secondary N) is 1. The van der Waals surface area contributed by atoms with Crippen molar-refractivity contribution in [3.8, 4) is 11.5 Å². The molecule has 1 amide bonds. The van der Waals surface area contributed by atoms with Crippen LogP contribution in [-0.2, 0) is 17.6 Å². The largest absolute Gasteiger partial charge is 0.493 e. The van der Waals surface area contributed by atoms with Crippen LogP contribution in [0.1, 0.15) is 11.1 Å². The van der Waals surface area contributed by atoms with Gasteiger partial charge >= 0.3 is 0 Å². The van der Waals surface area contributed by atoms with Crippen LogP contribution in [-0.4, -0.2) is 31.6 Å². The van der Waals surface area contributed by atoms with E-state index in [1.54, 1.807) is 32.4 Å². The molecule has 0 unspecified atom stereocenters. The molecule has 0 fully saturated rings. The summed E-state index contributed by atoms with van der Waals surface area (Å²) in [5.41, 5.74) is 1.34. The summed E-state index contributed by atoms with van der Waals surface area (Å²) in [7, 11) is 3.14. The first-order chi connectivity index (χ1) is 12.0. The molecule has 0 bridgehead atoms. The topological polar surface area (TPSA) is 90.7 Å². The summed E-state index contributed by atoms with van der Waals surface area (Å²) in [6, 6.07) is 11.8. The fourth-order valence-corrected chi connectivity index (χ4v) is 2.46. The first kappa shape index (κ1) is 18.3. The second kappa shape index (κ2) is 8.68. The minimum absolute atomic E-state index is 0.0247. The van der Waals surface area contributed by atoms with Crippen molar-refractivity contribution in [3.63, 3.8) is 0 Å². The number of rotatable bonds is 8. The summed E-state index contributed by atoms with van der Waals surface area (Å²) < 4.78 is 10.4. The zero-order chi connectivity index (χ0) is 18.2. The van der Waals surface area contributed by atoms with E-state index >= 15 is 0 Å². The van der Waals surface area contributed by atoms with Crippen molar-refractivity contribution in [3.05, 3.63) is 63.7 Å². The number of methoxy groups -OCH3 is 2. The zero-order valence-corrected chi connectivity index (χ0v) is 14.2. The summed E-state index contributed by atoms with van der Waals surface area (Å²) in [4.78, 5) is 22.5. The number of carbonyl (C=O) groups excluding carboxylic acids is 1. The van der Waals surface area contributed by atoms with Crippen LogP contribution in [0.3, 0.4) is 0 Å². The molecule has 0 aliphatic heterocycles. The number of nitro groups is 1. The summed E-state index contributed by atoms with van der Waals surface area (Å²) in [6.45, 7) is 0.426. The van der Waals surface area contributed by atoms with Gasteiger partial charge in [-0.15, -0.1) is 0 Å². The van der Waals surface area contributed by atoms with Gasteiger partial charge in [-0.2, -0.15) is 0 Å². The van der Waals surface area contributed by atoms with Gasteiger partial charge in [-0.3, -0.25) is 14.9 Å². The monoisotopic (exact) mass is 344 g/mol. The number of carbonyl (C=O) groups is 1. The second-order valence-electron chi connectivity index (χ2n) is 5.35. The van der Waals surface area contributed by atoms with E-state index in [4.69, 9.17) is 9.47 Å². The molecule has 2 aromatic carbocycles. The normalized spacial score (nSPS) is 10.2. The van der Waals surface area contributed by atoms with Crippen molar-refractivity contribution in [1.29, 1.82) is 0 Å². The Morgan fingerprint density at radius 1 is 1.12 bits per heavy atom. The Labute approximate surface area is 145 Å². The van der Waals surface area contributed by atoms with E-state index < -0.39 is 4.92 Å². The third-order valence-corrected chi connectivity index (χ3v) is 3.72. The van der Waals surface area contributed by atoms with E-state index in [0.717, 1.165) is 5.56 Å². The van der Waals surface area contributed by atoms with Gasteiger partial charge < -0.3 is 14.8 Å². The van der Waals surface area contributed by atoms with Crippen LogP contribution in [0.2, 0.25) is 0 Å². The van der Waals surface area contributed by atoms with E-state index in [0.29, 0.717) is 30.0 Å². The molecule has 0 heterocycles. The summed E-state index contributed by atoms with van der Waals surface area (Å²) >= 11 is 0. The van der Waals surface area contributed by atoms with Gasteiger partial charge in [-0.25, -0.2) is 0 Å². The van der Waals surface area contributed by atoms with Crippen LogP contribution in [0, 0.1) is 10.1 Å². The molecule has 7 heteroatoms. The molecule has 132 valence electrons. The van der Waals surface area contributed by atoms with Crippen LogP contribution in [0.5, 0.6) is 11.5 Å². The number of hydrogen-bond donors (Lipinski definition) is 1. The van der Waals surface area contributed by atoms with Crippen LogP contribution >= 0.6 is 0 Å². The fraction of sp³-hybridized carbons (Fsp3) is 0.278. The molecule has 0 radical (unpaired) electrons. The molecule has 0 aliphatic carbocycles. The number of nitrogens with zero attached hydrogens (tertiary/aromatic N) is 1. The second-order valence-corrected chi connectivity index (χ2v) is 5.35. The highest BCUT2D eigenvalue weighted by molar-refractivity contribution is 5.79. The molecule has 0 spiro atoms. The Balaban J connectivity index is 1.90. The maximum Gasteiger partial charge on any atom is 0.273 e. The molecular weight excluding hydrogens is 324 g/mol. The molecule has 0 atom stereocenters. The lowest BCUT2D eigenvalue weighted by molar-refractivity contribution is -0.385. The van der Waals surface area contributed by atoms with Crippen molar-refractivity contribution >= 4 is 11.6 Å². The molecule has 0 aliphatic rings. The van der Waals surface area contributed by atoms with E-state index in [1.165, 1.54) is 6.07 Å². The van der Waals surface area contributed by atoms with Gasteiger partial charge in [-0.1, -0.05) is 24.3 Å². The summed E-state index contributed by atoms with van der Waals surface area (Å²) in [5.74, 6) is 1.02. The number of nitro benzene ring substituents is 1. The molecule has 0 saturated heterocycles. The lowest BCUT2D eigenvalue weighted by Crippen LogP contribution is -2.27. The average molecular weight is 344 g/mol. The Morgan fingerprint density at radius 2 is 1.84 bits per heavy atom. The summed E-state index contributed by atoms with van der Waals surface area (Å²) in [6.07, 6.45) is 0.589. The standard InChI is InChI=1S/C18H20N2O5/c1-24-16-8-7-13(11-17(16)25-2)9-10-19-18(21)12-14-5-3-4-6-15(14)20(22)23/h3-8,11H,9-10,12H2,1-2H3,(H,19,21). The van der Waals surface area contributed by atoms with Gasteiger partial charge in [0.2, 0.25) is 5.91 Å². The molecule has 2 aromatic rings. The average Bonchev–Trinajstić information content (AvgIpc) is 2.61. The zero-order valence-electron chi connectivity index (χ0n) is 14.2. The predicted molar refractivity (Wildman–Crippen MR) is 93.1 cm³/mol. The Kier molecular flexibility index (Phi) is 6.33. The fourth-order valence-electron chi connectivity index (χ4n) is 2.46. The molecule has 2 rings (SSSR count). The number of para-hydroxylation sites is 1. The lowest BCUT2D eigenvalue weighted by atomic mass is 10.1. The third kappa shape index (κ3) is 4.94. The highest BCUT2D eigenvalue weighted by atomic mass is 16.6. The van der Waals surface area contributed by atoms with E-state index in [1.807, 2.05) is 18.2 Å². The minimum Gasteiger partial charge on any atom is -0.493 e. The molecule has 25 heavy (non-hydrogen) atoms.